The molecular weight excluding hydrogens is 216 g/mol. The molecule has 1 fully saturated rings. The van der Waals surface area contributed by atoms with Gasteiger partial charge in [0.05, 0.1) is 6.61 Å². The van der Waals surface area contributed by atoms with Crippen LogP contribution in [-0.4, -0.2) is 64.3 Å². The van der Waals surface area contributed by atoms with Gasteiger partial charge in [-0.2, -0.15) is 0 Å². The molecule has 0 aromatic rings. The Morgan fingerprint density at radius 3 is 2.56 bits per heavy atom. The molecular formula is C10H20O6. The minimum absolute atomic E-state index is 0.423. The molecule has 0 aliphatic carbocycles. The van der Waals surface area contributed by atoms with Crippen LogP contribution < -0.4 is 0 Å². The Morgan fingerprint density at radius 1 is 1.31 bits per heavy atom. The second-order valence-corrected chi connectivity index (χ2v) is 3.92. The summed E-state index contributed by atoms with van der Waals surface area (Å²) in [6.45, 7) is 1.89. The molecule has 1 aliphatic heterocycles. The minimum atomic E-state index is -1.24. The van der Waals surface area contributed by atoms with Gasteiger partial charge >= 0.3 is 0 Å². The van der Waals surface area contributed by atoms with E-state index < -0.39 is 37.3 Å². The van der Waals surface area contributed by atoms with Gasteiger partial charge < -0.3 is 29.9 Å². The Morgan fingerprint density at radius 2 is 2.00 bits per heavy atom. The van der Waals surface area contributed by atoms with Crippen LogP contribution in [0.3, 0.4) is 0 Å². The molecule has 1 rings (SSSR count). The van der Waals surface area contributed by atoms with Gasteiger partial charge in [0.15, 0.2) is 6.29 Å². The Labute approximate surface area is 94.4 Å². The Kier molecular flexibility index (Phi) is 5.60. The fraction of sp³-hybridized carbons (Fsp3) is 1.00. The SMILES string of the molecule is CCCCO[C@@H]1O[C@H]([C@H](O)CO)[C@H](O)[C@@H]1O. The van der Waals surface area contributed by atoms with Crippen LogP contribution in [0.25, 0.3) is 0 Å². The highest BCUT2D eigenvalue weighted by atomic mass is 16.7. The molecule has 5 atom stereocenters. The molecule has 0 aromatic heterocycles. The summed E-state index contributed by atoms with van der Waals surface area (Å²) in [4.78, 5) is 0. The van der Waals surface area contributed by atoms with Crippen molar-refractivity contribution < 1.29 is 29.9 Å². The zero-order valence-electron chi connectivity index (χ0n) is 9.32. The molecule has 1 aliphatic rings. The highest BCUT2D eigenvalue weighted by Crippen LogP contribution is 2.24. The number of rotatable bonds is 6. The summed E-state index contributed by atoms with van der Waals surface area (Å²) in [7, 11) is 0. The second kappa shape index (κ2) is 6.48. The van der Waals surface area contributed by atoms with Crippen LogP contribution >= 0.6 is 0 Å². The van der Waals surface area contributed by atoms with E-state index in [1.807, 2.05) is 6.92 Å². The van der Waals surface area contributed by atoms with E-state index in [0.717, 1.165) is 12.8 Å². The largest absolute Gasteiger partial charge is 0.394 e. The number of hydrogen-bond donors (Lipinski definition) is 4. The highest BCUT2D eigenvalue weighted by molar-refractivity contribution is 4.90. The first-order chi connectivity index (χ1) is 7.61. The minimum Gasteiger partial charge on any atom is -0.394 e. The van der Waals surface area contributed by atoms with E-state index in [4.69, 9.17) is 14.6 Å². The fourth-order valence-corrected chi connectivity index (χ4v) is 1.58. The zero-order chi connectivity index (χ0) is 12.1. The first-order valence-corrected chi connectivity index (χ1v) is 5.54. The van der Waals surface area contributed by atoms with Gasteiger partial charge in [0.2, 0.25) is 0 Å². The molecule has 96 valence electrons. The van der Waals surface area contributed by atoms with Crippen molar-refractivity contribution in [3.63, 3.8) is 0 Å². The lowest BCUT2D eigenvalue weighted by Crippen LogP contribution is -2.40. The van der Waals surface area contributed by atoms with Crippen molar-refractivity contribution in [2.45, 2.75) is 50.5 Å². The molecule has 6 heteroatoms. The average Bonchev–Trinajstić information content (AvgIpc) is 2.57. The van der Waals surface area contributed by atoms with Gasteiger partial charge in [0.1, 0.15) is 24.4 Å². The summed E-state index contributed by atoms with van der Waals surface area (Å²) in [5.74, 6) is 0. The molecule has 0 amide bonds. The van der Waals surface area contributed by atoms with E-state index >= 15 is 0 Å². The summed E-state index contributed by atoms with van der Waals surface area (Å²) < 4.78 is 10.4. The number of aliphatic hydroxyl groups is 4. The van der Waals surface area contributed by atoms with E-state index in [1.165, 1.54) is 0 Å². The Bertz CT molecular complexity index is 200. The van der Waals surface area contributed by atoms with Crippen molar-refractivity contribution in [3.8, 4) is 0 Å². The number of unbranched alkanes of at least 4 members (excludes halogenated alkanes) is 1. The monoisotopic (exact) mass is 236 g/mol. The molecule has 0 radical (unpaired) electrons. The number of ether oxygens (including phenoxy) is 2. The normalized spacial score (nSPS) is 36.6. The lowest BCUT2D eigenvalue weighted by molar-refractivity contribution is -0.180. The Balaban J connectivity index is 2.44. The number of hydrogen-bond acceptors (Lipinski definition) is 6. The van der Waals surface area contributed by atoms with Gasteiger partial charge in [-0.3, -0.25) is 0 Å². The molecule has 0 saturated carbocycles. The molecule has 16 heavy (non-hydrogen) atoms. The lowest BCUT2D eigenvalue weighted by atomic mass is 10.1. The van der Waals surface area contributed by atoms with Crippen molar-refractivity contribution in [1.82, 2.24) is 0 Å². The predicted molar refractivity (Wildman–Crippen MR) is 54.6 cm³/mol. The van der Waals surface area contributed by atoms with Gasteiger partial charge in [-0.05, 0) is 6.42 Å². The van der Waals surface area contributed by atoms with Gasteiger partial charge in [0.25, 0.3) is 0 Å². The molecule has 0 spiro atoms. The molecule has 4 N–H and O–H groups in total. The highest BCUT2D eigenvalue weighted by Gasteiger charge is 2.46. The van der Waals surface area contributed by atoms with Crippen molar-refractivity contribution >= 4 is 0 Å². The summed E-state index contributed by atoms with van der Waals surface area (Å²) in [5.41, 5.74) is 0. The third-order valence-electron chi connectivity index (χ3n) is 2.60. The molecule has 0 unspecified atom stereocenters. The van der Waals surface area contributed by atoms with Crippen LogP contribution in [0.4, 0.5) is 0 Å². The van der Waals surface area contributed by atoms with E-state index in [9.17, 15) is 15.3 Å². The molecule has 1 saturated heterocycles. The van der Waals surface area contributed by atoms with Crippen LogP contribution in [0.5, 0.6) is 0 Å². The molecule has 0 bridgehead atoms. The predicted octanol–water partition coefficient (Wildman–Crippen LogP) is -1.40. The van der Waals surface area contributed by atoms with Gasteiger partial charge in [-0.25, -0.2) is 0 Å². The van der Waals surface area contributed by atoms with Crippen LogP contribution in [-0.2, 0) is 9.47 Å². The van der Waals surface area contributed by atoms with Crippen LogP contribution in [0.2, 0.25) is 0 Å². The summed E-state index contributed by atoms with van der Waals surface area (Å²) in [6, 6.07) is 0. The van der Waals surface area contributed by atoms with E-state index in [0.29, 0.717) is 6.61 Å². The zero-order valence-corrected chi connectivity index (χ0v) is 9.32. The molecule has 6 nitrogen and oxygen atoms in total. The van der Waals surface area contributed by atoms with E-state index in [1.54, 1.807) is 0 Å². The topological polar surface area (TPSA) is 99.4 Å². The van der Waals surface area contributed by atoms with Crippen LogP contribution in [0.1, 0.15) is 19.8 Å². The maximum atomic E-state index is 9.58. The smallest absolute Gasteiger partial charge is 0.186 e. The molecule has 1 heterocycles. The first-order valence-electron chi connectivity index (χ1n) is 5.54. The van der Waals surface area contributed by atoms with E-state index in [-0.39, 0.29) is 0 Å². The third kappa shape index (κ3) is 3.13. The second-order valence-electron chi connectivity index (χ2n) is 3.92. The van der Waals surface area contributed by atoms with Crippen molar-refractivity contribution in [2.24, 2.45) is 0 Å². The fourth-order valence-electron chi connectivity index (χ4n) is 1.58. The average molecular weight is 236 g/mol. The lowest BCUT2D eigenvalue weighted by Gasteiger charge is -2.18. The van der Waals surface area contributed by atoms with Crippen molar-refractivity contribution in [1.29, 1.82) is 0 Å². The summed E-state index contributed by atoms with van der Waals surface area (Å²) in [5, 5.41) is 37.2. The van der Waals surface area contributed by atoms with Crippen molar-refractivity contribution in [2.75, 3.05) is 13.2 Å². The maximum Gasteiger partial charge on any atom is 0.186 e. The molecule has 0 aromatic carbocycles. The van der Waals surface area contributed by atoms with Gasteiger partial charge in [0, 0.05) is 6.61 Å². The van der Waals surface area contributed by atoms with Crippen molar-refractivity contribution in [3.05, 3.63) is 0 Å². The first kappa shape index (κ1) is 13.8. The Hall–Kier alpha value is -0.240. The number of aliphatic hydroxyl groups excluding tert-OH is 4. The standard InChI is InChI=1S/C10H20O6/c1-2-3-4-15-10-8(14)7(13)9(16-10)6(12)5-11/h6-14H,2-5H2,1H3/t6-,7-,8+,9-,10-/m1/s1. The van der Waals surface area contributed by atoms with E-state index in [2.05, 4.69) is 0 Å². The summed E-state index contributed by atoms with van der Waals surface area (Å²) >= 11 is 0. The third-order valence-corrected chi connectivity index (χ3v) is 2.60. The summed E-state index contributed by atoms with van der Waals surface area (Å²) in [6.07, 6.45) is -3.81. The quantitative estimate of drug-likeness (QED) is 0.423. The van der Waals surface area contributed by atoms with Crippen LogP contribution in [0.15, 0.2) is 0 Å². The maximum absolute atomic E-state index is 9.58. The van der Waals surface area contributed by atoms with Crippen LogP contribution in [0, 0.1) is 0 Å². The van der Waals surface area contributed by atoms with Gasteiger partial charge in [-0.15, -0.1) is 0 Å². The van der Waals surface area contributed by atoms with Gasteiger partial charge in [-0.1, -0.05) is 13.3 Å².